The lowest BCUT2D eigenvalue weighted by molar-refractivity contribution is -0.128. The van der Waals surface area contributed by atoms with E-state index in [9.17, 15) is 13.6 Å². The van der Waals surface area contributed by atoms with E-state index in [2.05, 4.69) is 4.98 Å². The van der Waals surface area contributed by atoms with Gasteiger partial charge in [0, 0.05) is 43.8 Å². The number of aryl methyl sites for hydroxylation is 1. The van der Waals surface area contributed by atoms with Gasteiger partial charge in [-0.2, -0.15) is 0 Å². The van der Waals surface area contributed by atoms with Crippen molar-refractivity contribution in [3.05, 3.63) is 41.1 Å². The van der Waals surface area contributed by atoms with Crippen molar-refractivity contribution in [1.29, 1.82) is 0 Å². The van der Waals surface area contributed by atoms with Gasteiger partial charge in [-0.15, -0.1) is 0 Å². The van der Waals surface area contributed by atoms with Crippen LogP contribution in [0.15, 0.2) is 18.2 Å². The molecule has 1 amide bonds. The molecule has 1 aliphatic heterocycles. The number of amides is 1. The molecule has 4 nitrogen and oxygen atoms in total. The van der Waals surface area contributed by atoms with E-state index in [1.807, 2.05) is 6.07 Å². The van der Waals surface area contributed by atoms with Gasteiger partial charge in [-0.1, -0.05) is 0 Å². The van der Waals surface area contributed by atoms with Crippen LogP contribution in [0.1, 0.15) is 17.7 Å². The fraction of sp³-hybridized carbons (Fsp3) is 0.444. The first-order valence-electron chi connectivity index (χ1n) is 8.00. The zero-order valence-electron chi connectivity index (χ0n) is 13.8. The summed E-state index contributed by atoms with van der Waals surface area (Å²) < 4.78 is 32.6. The van der Waals surface area contributed by atoms with E-state index in [0.29, 0.717) is 43.6 Å². The third-order valence-electron chi connectivity index (χ3n) is 4.41. The Morgan fingerprint density at radius 1 is 1.33 bits per heavy atom. The molecule has 1 aromatic heterocycles. The average molecular weight is 334 g/mol. The molecule has 6 heteroatoms. The Kier molecular flexibility index (Phi) is 4.76. The average Bonchev–Trinajstić information content (AvgIpc) is 2.86. The van der Waals surface area contributed by atoms with Crippen molar-refractivity contribution in [2.24, 2.45) is 5.92 Å². The molecule has 0 radical (unpaired) electrons. The molecular weight excluding hydrogens is 314 g/mol. The lowest BCUT2D eigenvalue weighted by atomic mass is 9.95. The van der Waals surface area contributed by atoms with Crippen LogP contribution in [0.2, 0.25) is 0 Å². The number of carbonyl (C=O) groups is 1. The number of hydrogen-bond acceptors (Lipinski definition) is 3. The molecule has 1 atom stereocenters. The van der Waals surface area contributed by atoms with Crippen molar-refractivity contribution < 1.29 is 18.3 Å². The zero-order chi connectivity index (χ0) is 17.3. The Bertz CT molecular complexity index is 779. The Morgan fingerprint density at radius 2 is 2.12 bits per heavy atom. The van der Waals surface area contributed by atoms with Crippen molar-refractivity contribution in [3.63, 3.8) is 0 Å². The second-order valence-electron chi connectivity index (χ2n) is 6.31. The minimum Gasteiger partial charge on any atom is -0.383 e. The number of benzene rings is 1. The number of hydrogen-bond donors (Lipinski definition) is 0. The molecule has 2 heterocycles. The minimum absolute atomic E-state index is 0.101. The highest BCUT2D eigenvalue weighted by molar-refractivity contribution is 5.83. The fourth-order valence-corrected chi connectivity index (χ4v) is 3.35. The van der Waals surface area contributed by atoms with E-state index in [-0.39, 0.29) is 17.3 Å². The predicted molar refractivity (Wildman–Crippen MR) is 86.7 cm³/mol. The minimum atomic E-state index is -0.654. The van der Waals surface area contributed by atoms with Gasteiger partial charge in [0.25, 0.3) is 0 Å². The molecule has 0 spiro atoms. The Balaban J connectivity index is 1.87. The van der Waals surface area contributed by atoms with Crippen molar-refractivity contribution in [1.82, 2.24) is 9.88 Å². The third kappa shape index (κ3) is 3.38. The summed E-state index contributed by atoms with van der Waals surface area (Å²) in [5.74, 6) is -1.04. The summed E-state index contributed by atoms with van der Waals surface area (Å²) in [4.78, 5) is 18.0. The lowest BCUT2D eigenvalue weighted by Gasteiger charge is -2.16. The molecule has 1 aromatic carbocycles. The fourth-order valence-electron chi connectivity index (χ4n) is 3.35. The summed E-state index contributed by atoms with van der Waals surface area (Å²) in [5.41, 5.74) is 1.71. The van der Waals surface area contributed by atoms with Gasteiger partial charge in [-0.25, -0.2) is 8.78 Å². The highest BCUT2D eigenvalue weighted by Gasteiger charge is 2.29. The van der Waals surface area contributed by atoms with Gasteiger partial charge in [0.2, 0.25) is 5.91 Å². The van der Waals surface area contributed by atoms with Crippen molar-refractivity contribution in [2.45, 2.75) is 19.8 Å². The molecule has 0 aliphatic carbocycles. The van der Waals surface area contributed by atoms with Crippen molar-refractivity contribution >= 4 is 16.8 Å². The van der Waals surface area contributed by atoms with E-state index in [4.69, 9.17) is 4.74 Å². The van der Waals surface area contributed by atoms with Crippen LogP contribution in [0.4, 0.5) is 8.78 Å². The number of rotatable bonds is 5. The number of nitrogens with zero attached hydrogens (tertiary/aromatic N) is 2. The number of methoxy groups -OCH3 is 1. The zero-order valence-corrected chi connectivity index (χ0v) is 13.8. The first-order chi connectivity index (χ1) is 11.5. The Hall–Kier alpha value is -2.08. The van der Waals surface area contributed by atoms with Crippen LogP contribution in [-0.4, -0.2) is 42.6 Å². The van der Waals surface area contributed by atoms with Crippen molar-refractivity contribution in [2.75, 3.05) is 26.8 Å². The number of ether oxygens (including phenoxy) is 1. The van der Waals surface area contributed by atoms with Gasteiger partial charge in [0.15, 0.2) is 5.82 Å². The molecule has 24 heavy (non-hydrogen) atoms. The van der Waals surface area contributed by atoms with Crippen LogP contribution in [0.25, 0.3) is 10.9 Å². The second-order valence-corrected chi connectivity index (χ2v) is 6.31. The van der Waals surface area contributed by atoms with E-state index >= 15 is 0 Å². The van der Waals surface area contributed by atoms with Gasteiger partial charge in [0.1, 0.15) is 11.3 Å². The third-order valence-corrected chi connectivity index (χ3v) is 4.41. The molecule has 1 unspecified atom stereocenters. The largest absolute Gasteiger partial charge is 0.383 e. The van der Waals surface area contributed by atoms with E-state index in [1.165, 1.54) is 6.07 Å². The summed E-state index contributed by atoms with van der Waals surface area (Å²) in [6, 6.07) is 4.02. The van der Waals surface area contributed by atoms with E-state index in [0.717, 1.165) is 11.6 Å². The highest BCUT2D eigenvalue weighted by Crippen LogP contribution is 2.28. The van der Waals surface area contributed by atoms with Crippen LogP contribution in [-0.2, 0) is 16.0 Å². The maximum absolute atomic E-state index is 14.0. The van der Waals surface area contributed by atoms with E-state index in [1.54, 1.807) is 18.9 Å². The first-order valence-corrected chi connectivity index (χ1v) is 8.00. The molecule has 2 aromatic rings. The molecule has 0 N–H and O–H groups in total. The molecule has 1 aliphatic rings. The molecule has 0 bridgehead atoms. The number of halogens is 2. The SMILES string of the molecule is COCCN1CC(Cc2cc(C)nc3c(F)cc(F)cc23)CC1=O. The van der Waals surface area contributed by atoms with Gasteiger partial charge in [-0.05, 0) is 37.0 Å². The lowest BCUT2D eigenvalue weighted by Crippen LogP contribution is -2.28. The quantitative estimate of drug-likeness (QED) is 0.844. The van der Waals surface area contributed by atoms with Crippen LogP contribution in [0.5, 0.6) is 0 Å². The van der Waals surface area contributed by atoms with Crippen molar-refractivity contribution in [3.8, 4) is 0 Å². The summed E-state index contributed by atoms with van der Waals surface area (Å²) in [6.07, 6.45) is 1.04. The molecule has 128 valence electrons. The van der Waals surface area contributed by atoms with Crippen LogP contribution >= 0.6 is 0 Å². The van der Waals surface area contributed by atoms with Gasteiger partial charge in [-0.3, -0.25) is 9.78 Å². The van der Waals surface area contributed by atoms with Crippen LogP contribution < -0.4 is 0 Å². The maximum atomic E-state index is 14.0. The molecule has 3 rings (SSSR count). The maximum Gasteiger partial charge on any atom is 0.223 e. The van der Waals surface area contributed by atoms with Gasteiger partial charge >= 0.3 is 0 Å². The van der Waals surface area contributed by atoms with Crippen LogP contribution in [0.3, 0.4) is 0 Å². The molecule has 1 saturated heterocycles. The summed E-state index contributed by atoms with van der Waals surface area (Å²) in [5, 5.41) is 0.487. The number of likely N-dealkylation sites (tertiary alicyclic amines) is 1. The molecule has 1 fully saturated rings. The monoisotopic (exact) mass is 334 g/mol. The second kappa shape index (κ2) is 6.81. The molecular formula is C18H20F2N2O2. The topological polar surface area (TPSA) is 42.4 Å². The summed E-state index contributed by atoms with van der Waals surface area (Å²) in [6.45, 7) is 3.51. The summed E-state index contributed by atoms with van der Waals surface area (Å²) in [7, 11) is 1.60. The Labute approximate surface area is 139 Å². The standard InChI is InChI=1S/C18H20F2N2O2/c1-11-5-13(15-8-14(19)9-16(20)18(15)21-11)6-12-7-17(23)22(10-12)3-4-24-2/h5,8-9,12H,3-4,6-7,10H2,1-2H3. The number of fused-ring (bicyclic) bond motifs is 1. The number of aromatic nitrogens is 1. The summed E-state index contributed by atoms with van der Waals surface area (Å²) >= 11 is 0. The Morgan fingerprint density at radius 3 is 2.88 bits per heavy atom. The van der Waals surface area contributed by atoms with Gasteiger partial charge < -0.3 is 9.64 Å². The normalized spacial score (nSPS) is 17.9. The highest BCUT2D eigenvalue weighted by atomic mass is 19.1. The number of carbonyl (C=O) groups excluding carboxylic acids is 1. The first kappa shape index (κ1) is 16.8. The van der Waals surface area contributed by atoms with E-state index < -0.39 is 11.6 Å². The predicted octanol–water partition coefficient (Wildman–Crippen LogP) is 2.86. The van der Waals surface area contributed by atoms with Gasteiger partial charge in [0.05, 0.1) is 6.61 Å². The van der Waals surface area contributed by atoms with Crippen LogP contribution in [0, 0.1) is 24.5 Å². The molecule has 0 saturated carbocycles. The smallest absolute Gasteiger partial charge is 0.223 e. The number of pyridine rings is 1.